The van der Waals surface area contributed by atoms with Gasteiger partial charge in [-0.25, -0.2) is 9.07 Å². The van der Waals surface area contributed by atoms with E-state index in [1.165, 1.54) is 10.7 Å². The first-order chi connectivity index (χ1) is 14.5. The number of likely N-dealkylation sites (tertiary alicyclic amines) is 1. The number of nitrogens with zero attached hydrogens (tertiary/aromatic N) is 4. The Bertz CT molecular complexity index is 1070. The summed E-state index contributed by atoms with van der Waals surface area (Å²) in [5.74, 6) is -0.712. The third kappa shape index (κ3) is 4.07. The van der Waals surface area contributed by atoms with Crippen LogP contribution in [0.3, 0.4) is 0 Å². The van der Waals surface area contributed by atoms with Gasteiger partial charge in [-0.05, 0) is 24.6 Å². The largest absolute Gasteiger partial charge is 0.350 e. The molecule has 1 aliphatic rings. The summed E-state index contributed by atoms with van der Waals surface area (Å²) in [5.41, 5.74) is 1.91. The Morgan fingerprint density at radius 3 is 2.67 bits per heavy atom. The van der Waals surface area contributed by atoms with Crippen LogP contribution in [0.2, 0.25) is 0 Å². The molecule has 1 saturated heterocycles. The molecule has 0 bridgehead atoms. The summed E-state index contributed by atoms with van der Waals surface area (Å²) in [5, 5.41) is 10.7. The highest BCUT2D eigenvalue weighted by Crippen LogP contribution is 2.20. The number of halogens is 1. The van der Waals surface area contributed by atoms with Gasteiger partial charge in [0.05, 0.1) is 5.69 Å². The predicted molar refractivity (Wildman–Crippen MR) is 108 cm³/mol. The highest BCUT2D eigenvalue weighted by molar-refractivity contribution is 5.93. The quantitative estimate of drug-likeness (QED) is 0.681. The van der Waals surface area contributed by atoms with Crippen molar-refractivity contribution in [1.82, 2.24) is 25.2 Å². The molecule has 1 aliphatic heterocycles. The second-order valence-electron chi connectivity index (χ2n) is 7.43. The van der Waals surface area contributed by atoms with Crippen LogP contribution in [-0.4, -0.2) is 44.8 Å². The molecule has 7 nitrogen and oxygen atoms in total. The highest BCUT2D eigenvalue weighted by Gasteiger charge is 2.30. The van der Waals surface area contributed by atoms with Gasteiger partial charge >= 0.3 is 0 Å². The third-order valence-corrected chi connectivity index (χ3v) is 5.25. The number of amides is 2. The standard InChI is InChI=1S/C22H22FN5O2/c1-15-21(25-26-28(15)19-10-6-5-9-18(19)23)22(30)24-12-17-11-20(29)27(14-17)13-16-7-3-2-4-8-16/h2-10,17H,11-14H2,1H3,(H,24,30). The Morgan fingerprint density at radius 1 is 1.17 bits per heavy atom. The fourth-order valence-electron chi connectivity index (χ4n) is 3.66. The summed E-state index contributed by atoms with van der Waals surface area (Å²) in [7, 11) is 0. The number of hydrogen-bond acceptors (Lipinski definition) is 4. The summed E-state index contributed by atoms with van der Waals surface area (Å²) in [6, 6.07) is 16.0. The van der Waals surface area contributed by atoms with Gasteiger partial charge in [0.2, 0.25) is 5.91 Å². The molecular formula is C22H22FN5O2. The van der Waals surface area contributed by atoms with Gasteiger partial charge in [0, 0.05) is 32.0 Å². The smallest absolute Gasteiger partial charge is 0.273 e. The Labute approximate surface area is 173 Å². The number of nitrogens with one attached hydrogen (secondary N) is 1. The predicted octanol–water partition coefficient (Wildman–Crippen LogP) is 2.49. The molecule has 0 radical (unpaired) electrons. The normalized spacial score (nSPS) is 16.1. The zero-order chi connectivity index (χ0) is 21.1. The second kappa shape index (κ2) is 8.44. The molecule has 0 saturated carbocycles. The first kappa shape index (κ1) is 19.8. The molecule has 4 rings (SSSR count). The van der Waals surface area contributed by atoms with Crippen LogP contribution in [0.4, 0.5) is 4.39 Å². The van der Waals surface area contributed by atoms with Crippen LogP contribution in [0, 0.1) is 18.7 Å². The van der Waals surface area contributed by atoms with E-state index in [2.05, 4.69) is 15.6 Å². The highest BCUT2D eigenvalue weighted by atomic mass is 19.1. The molecule has 30 heavy (non-hydrogen) atoms. The van der Waals surface area contributed by atoms with E-state index in [9.17, 15) is 14.0 Å². The molecule has 2 amide bonds. The Kier molecular flexibility index (Phi) is 5.56. The number of carbonyl (C=O) groups excluding carboxylic acids is 2. The van der Waals surface area contributed by atoms with Crippen molar-refractivity contribution in [2.24, 2.45) is 5.92 Å². The molecule has 154 valence electrons. The van der Waals surface area contributed by atoms with E-state index in [0.717, 1.165) is 5.56 Å². The van der Waals surface area contributed by atoms with Crippen molar-refractivity contribution < 1.29 is 14.0 Å². The van der Waals surface area contributed by atoms with Crippen molar-refractivity contribution in [3.05, 3.63) is 77.4 Å². The van der Waals surface area contributed by atoms with Gasteiger partial charge in [-0.2, -0.15) is 0 Å². The summed E-state index contributed by atoms with van der Waals surface area (Å²) in [6.45, 7) is 3.19. The minimum absolute atomic E-state index is 0.0343. The SMILES string of the molecule is Cc1c(C(=O)NCC2CC(=O)N(Cc3ccccc3)C2)nnn1-c1ccccc1F. The Balaban J connectivity index is 1.36. The van der Waals surface area contributed by atoms with Crippen molar-refractivity contribution in [2.75, 3.05) is 13.1 Å². The molecule has 2 heterocycles. The molecule has 1 atom stereocenters. The monoisotopic (exact) mass is 407 g/mol. The van der Waals surface area contributed by atoms with E-state index in [1.54, 1.807) is 25.1 Å². The van der Waals surface area contributed by atoms with Crippen molar-refractivity contribution in [2.45, 2.75) is 19.9 Å². The lowest BCUT2D eigenvalue weighted by Gasteiger charge is -2.17. The van der Waals surface area contributed by atoms with Crippen LogP contribution in [0.1, 0.15) is 28.2 Å². The third-order valence-electron chi connectivity index (χ3n) is 5.25. The van der Waals surface area contributed by atoms with E-state index < -0.39 is 5.82 Å². The van der Waals surface area contributed by atoms with Gasteiger partial charge in [0.1, 0.15) is 11.5 Å². The minimum atomic E-state index is -0.444. The van der Waals surface area contributed by atoms with Gasteiger partial charge in [-0.1, -0.05) is 47.7 Å². The molecule has 0 aliphatic carbocycles. The van der Waals surface area contributed by atoms with Gasteiger partial charge < -0.3 is 10.2 Å². The van der Waals surface area contributed by atoms with Crippen LogP contribution in [0.5, 0.6) is 0 Å². The van der Waals surface area contributed by atoms with E-state index >= 15 is 0 Å². The molecule has 3 aromatic rings. The average Bonchev–Trinajstić information content (AvgIpc) is 3.30. The van der Waals surface area contributed by atoms with E-state index in [4.69, 9.17) is 0 Å². The first-order valence-electron chi connectivity index (χ1n) is 9.80. The molecule has 2 aromatic carbocycles. The molecule has 8 heteroatoms. The second-order valence-corrected chi connectivity index (χ2v) is 7.43. The summed E-state index contributed by atoms with van der Waals surface area (Å²) in [6.07, 6.45) is 0.397. The fraction of sp³-hybridized carbons (Fsp3) is 0.273. The molecular weight excluding hydrogens is 385 g/mol. The zero-order valence-electron chi connectivity index (χ0n) is 16.6. The molecule has 1 aromatic heterocycles. The van der Waals surface area contributed by atoms with Crippen LogP contribution in [0.25, 0.3) is 5.69 Å². The van der Waals surface area contributed by atoms with Crippen molar-refractivity contribution in [3.63, 3.8) is 0 Å². The summed E-state index contributed by atoms with van der Waals surface area (Å²) in [4.78, 5) is 26.7. The maximum absolute atomic E-state index is 14.0. The Morgan fingerprint density at radius 2 is 1.90 bits per heavy atom. The van der Waals surface area contributed by atoms with Gasteiger partial charge in [0.25, 0.3) is 5.91 Å². The molecule has 1 N–H and O–H groups in total. The van der Waals surface area contributed by atoms with Crippen molar-refractivity contribution in [1.29, 1.82) is 0 Å². The number of rotatable bonds is 6. The van der Waals surface area contributed by atoms with Crippen LogP contribution in [-0.2, 0) is 11.3 Å². The van der Waals surface area contributed by atoms with Gasteiger partial charge in [-0.3, -0.25) is 9.59 Å². The fourth-order valence-corrected chi connectivity index (χ4v) is 3.66. The van der Waals surface area contributed by atoms with Crippen LogP contribution < -0.4 is 5.32 Å². The zero-order valence-corrected chi connectivity index (χ0v) is 16.6. The number of aromatic nitrogens is 3. The summed E-state index contributed by atoms with van der Waals surface area (Å²) >= 11 is 0. The Hall–Kier alpha value is -3.55. The van der Waals surface area contributed by atoms with Crippen LogP contribution >= 0.6 is 0 Å². The van der Waals surface area contributed by atoms with E-state index in [0.29, 0.717) is 31.7 Å². The topological polar surface area (TPSA) is 80.1 Å². The number of carbonyl (C=O) groups is 2. The van der Waals surface area contributed by atoms with E-state index in [-0.39, 0.29) is 29.1 Å². The van der Waals surface area contributed by atoms with Crippen molar-refractivity contribution in [3.8, 4) is 5.69 Å². The number of hydrogen-bond donors (Lipinski definition) is 1. The lowest BCUT2D eigenvalue weighted by Crippen LogP contribution is -2.31. The van der Waals surface area contributed by atoms with E-state index in [1.807, 2.05) is 35.2 Å². The average molecular weight is 407 g/mol. The molecule has 1 fully saturated rings. The summed E-state index contributed by atoms with van der Waals surface area (Å²) < 4.78 is 15.3. The number of para-hydroxylation sites is 1. The number of benzene rings is 2. The van der Waals surface area contributed by atoms with Crippen LogP contribution in [0.15, 0.2) is 54.6 Å². The van der Waals surface area contributed by atoms with Gasteiger partial charge in [-0.15, -0.1) is 5.10 Å². The maximum Gasteiger partial charge on any atom is 0.273 e. The van der Waals surface area contributed by atoms with Crippen molar-refractivity contribution >= 4 is 11.8 Å². The molecule has 1 unspecified atom stereocenters. The minimum Gasteiger partial charge on any atom is -0.350 e. The lowest BCUT2D eigenvalue weighted by molar-refractivity contribution is -0.128. The molecule has 0 spiro atoms. The van der Waals surface area contributed by atoms with Gasteiger partial charge in [0.15, 0.2) is 5.69 Å². The first-order valence-corrected chi connectivity index (χ1v) is 9.80. The maximum atomic E-state index is 14.0. The lowest BCUT2D eigenvalue weighted by atomic mass is 10.1.